The second-order valence-corrected chi connectivity index (χ2v) is 3.52. The molecule has 0 fully saturated rings. The van der Waals surface area contributed by atoms with Crippen molar-refractivity contribution in [2.24, 2.45) is 5.73 Å². The van der Waals surface area contributed by atoms with Crippen LogP contribution in [0, 0.1) is 0 Å². The summed E-state index contributed by atoms with van der Waals surface area (Å²) in [6.45, 7) is 0. The largest absolute Gasteiger partial charge is 0.417 e. The van der Waals surface area contributed by atoms with Crippen molar-refractivity contribution in [1.82, 2.24) is 0 Å². The summed E-state index contributed by atoms with van der Waals surface area (Å²) >= 11 is 0. The molecule has 1 amide bonds. The Morgan fingerprint density at radius 3 is 1.89 bits per heavy atom. The van der Waals surface area contributed by atoms with Crippen molar-refractivity contribution in [2.45, 2.75) is 18.8 Å². The minimum absolute atomic E-state index is 0.220. The van der Waals surface area contributed by atoms with E-state index in [9.17, 15) is 31.1 Å². The molecule has 0 radical (unpaired) electrons. The van der Waals surface area contributed by atoms with Gasteiger partial charge >= 0.3 is 12.4 Å². The van der Waals surface area contributed by atoms with E-state index in [1.807, 2.05) is 0 Å². The number of carbonyl (C=O) groups excluding carboxylic acids is 1. The lowest BCUT2D eigenvalue weighted by atomic mass is 10.0. The Balaban J connectivity index is 3.35. The lowest BCUT2D eigenvalue weighted by Crippen LogP contribution is -2.18. The Bertz CT molecular complexity index is 462. The number of nitrogens with two attached hydrogens (primary N) is 1. The number of benzene rings is 1. The van der Waals surface area contributed by atoms with Crippen molar-refractivity contribution in [2.75, 3.05) is 0 Å². The maximum atomic E-state index is 12.5. The first-order chi connectivity index (χ1) is 8.01. The number of carbonyl (C=O) groups is 1. The zero-order valence-corrected chi connectivity index (χ0v) is 8.69. The molecule has 18 heavy (non-hydrogen) atoms. The van der Waals surface area contributed by atoms with Gasteiger partial charge in [-0.25, -0.2) is 0 Å². The molecule has 100 valence electrons. The minimum Gasteiger partial charge on any atom is -0.369 e. The third-order valence-corrected chi connectivity index (χ3v) is 2.07. The van der Waals surface area contributed by atoms with Crippen LogP contribution in [-0.2, 0) is 23.6 Å². The van der Waals surface area contributed by atoms with E-state index in [2.05, 4.69) is 0 Å². The van der Waals surface area contributed by atoms with Crippen molar-refractivity contribution in [3.8, 4) is 0 Å². The molecule has 0 spiro atoms. The zero-order valence-electron chi connectivity index (χ0n) is 8.69. The van der Waals surface area contributed by atoms with Crippen LogP contribution in [-0.4, -0.2) is 5.91 Å². The van der Waals surface area contributed by atoms with Crippen LogP contribution in [0.3, 0.4) is 0 Å². The summed E-state index contributed by atoms with van der Waals surface area (Å²) in [5, 5.41) is 0. The summed E-state index contributed by atoms with van der Waals surface area (Å²) < 4.78 is 74.6. The highest BCUT2D eigenvalue weighted by atomic mass is 19.4. The van der Waals surface area contributed by atoms with Crippen LogP contribution in [0.1, 0.15) is 16.7 Å². The Morgan fingerprint density at radius 2 is 1.50 bits per heavy atom. The Hall–Kier alpha value is -1.73. The predicted octanol–water partition coefficient (Wildman–Crippen LogP) is 2.75. The number of primary amides is 1. The number of hydrogen-bond acceptors (Lipinski definition) is 1. The molecule has 0 heterocycles. The van der Waals surface area contributed by atoms with E-state index in [0.29, 0.717) is 6.07 Å². The van der Waals surface area contributed by atoms with E-state index in [1.54, 1.807) is 0 Å². The molecule has 1 rings (SSSR count). The number of alkyl halides is 6. The van der Waals surface area contributed by atoms with Crippen molar-refractivity contribution in [1.29, 1.82) is 0 Å². The second-order valence-electron chi connectivity index (χ2n) is 3.52. The van der Waals surface area contributed by atoms with E-state index in [-0.39, 0.29) is 11.6 Å². The van der Waals surface area contributed by atoms with Gasteiger partial charge < -0.3 is 5.73 Å². The lowest BCUT2D eigenvalue weighted by Gasteiger charge is -2.16. The van der Waals surface area contributed by atoms with Gasteiger partial charge in [0.25, 0.3) is 0 Å². The molecular formula is C10H7F6NO. The average Bonchev–Trinajstić information content (AvgIpc) is 2.13. The van der Waals surface area contributed by atoms with Crippen LogP contribution in [0.2, 0.25) is 0 Å². The Labute approximate surface area is 97.4 Å². The predicted molar refractivity (Wildman–Crippen MR) is 49.3 cm³/mol. The van der Waals surface area contributed by atoms with Gasteiger partial charge in [0.05, 0.1) is 17.5 Å². The van der Waals surface area contributed by atoms with Crippen LogP contribution in [0.15, 0.2) is 18.2 Å². The smallest absolute Gasteiger partial charge is 0.369 e. The van der Waals surface area contributed by atoms with Gasteiger partial charge in [-0.05, 0) is 17.7 Å². The van der Waals surface area contributed by atoms with Crippen LogP contribution in [0.4, 0.5) is 26.3 Å². The Kier molecular flexibility index (Phi) is 3.59. The molecule has 1 aromatic carbocycles. The highest BCUT2D eigenvalue weighted by Crippen LogP contribution is 2.40. The summed E-state index contributed by atoms with van der Waals surface area (Å²) in [5.74, 6) is -0.928. The van der Waals surface area contributed by atoms with Crippen molar-refractivity contribution < 1.29 is 31.1 Å². The molecule has 1 aromatic rings. The first-order valence-electron chi connectivity index (χ1n) is 4.57. The number of halogens is 6. The van der Waals surface area contributed by atoms with Crippen LogP contribution in [0.25, 0.3) is 0 Å². The average molecular weight is 271 g/mol. The molecular weight excluding hydrogens is 264 g/mol. The Morgan fingerprint density at radius 1 is 1.00 bits per heavy atom. The highest BCUT2D eigenvalue weighted by Gasteiger charge is 2.42. The zero-order chi connectivity index (χ0) is 14.1. The second kappa shape index (κ2) is 4.51. The molecule has 0 saturated heterocycles. The number of amides is 1. The van der Waals surface area contributed by atoms with E-state index >= 15 is 0 Å². The third kappa shape index (κ3) is 3.38. The van der Waals surface area contributed by atoms with Gasteiger partial charge in [0.1, 0.15) is 0 Å². The van der Waals surface area contributed by atoms with Crippen LogP contribution in [0.5, 0.6) is 0 Å². The quantitative estimate of drug-likeness (QED) is 0.826. The topological polar surface area (TPSA) is 43.1 Å². The fourth-order valence-electron chi connectivity index (χ4n) is 1.38. The summed E-state index contributed by atoms with van der Waals surface area (Å²) in [6.07, 6.45) is -10.8. The molecule has 0 atom stereocenters. The van der Waals surface area contributed by atoms with Crippen molar-refractivity contribution in [3.05, 3.63) is 34.9 Å². The summed E-state index contributed by atoms with van der Waals surface area (Å²) in [5.41, 5.74) is 0.932. The van der Waals surface area contributed by atoms with Gasteiger partial charge in [-0.3, -0.25) is 4.79 Å². The standard InChI is InChI=1S/C10H7F6NO/c11-9(12,13)6-2-1-5(4-8(17)18)3-7(6)10(14,15)16/h1-3H,4H2,(H2,17,18). The first kappa shape index (κ1) is 14.3. The maximum Gasteiger partial charge on any atom is 0.417 e. The van der Waals surface area contributed by atoms with E-state index in [1.165, 1.54) is 0 Å². The molecule has 0 bridgehead atoms. The van der Waals surface area contributed by atoms with Gasteiger partial charge in [0.15, 0.2) is 0 Å². The van der Waals surface area contributed by atoms with Gasteiger partial charge in [-0.2, -0.15) is 26.3 Å². The first-order valence-corrected chi connectivity index (χ1v) is 4.57. The fraction of sp³-hybridized carbons (Fsp3) is 0.300. The monoisotopic (exact) mass is 271 g/mol. The molecule has 0 saturated carbocycles. The molecule has 0 aliphatic carbocycles. The van der Waals surface area contributed by atoms with Crippen LogP contribution >= 0.6 is 0 Å². The lowest BCUT2D eigenvalue weighted by molar-refractivity contribution is -0.162. The summed E-state index contributed by atoms with van der Waals surface area (Å²) in [6, 6.07) is 1.37. The molecule has 0 aliphatic heterocycles. The molecule has 0 aromatic heterocycles. The fourth-order valence-corrected chi connectivity index (χ4v) is 1.38. The van der Waals surface area contributed by atoms with Gasteiger partial charge in [0.2, 0.25) is 5.91 Å². The SMILES string of the molecule is NC(=O)Cc1ccc(C(F)(F)F)c(C(F)(F)F)c1. The normalized spacial score (nSPS) is 12.6. The summed E-state index contributed by atoms with van der Waals surface area (Å²) in [7, 11) is 0. The highest BCUT2D eigenvalue weighted by molar-refractivity contribution is 5.76. The molecule has 0 aliphatic rings. The number of hydrogen-bond donors (Lipinski definition) is 1. The van der Waals surface area contributed by atoms with E-state index in [0.717, 1.165) is 6.07 Å². The van der Waals surface area contributed by atoms with Crippen molar-refractivity contribution in [3.63, 3.8) is 0 Å². The molecule has 2 N–H and O–H groups in total. The van der Waals surface area contributed by atoms with Gasteiger partial charge in [0, 0.05) is 0 Å². The van der Waals surface area contributed by atoms with Gasteiger partial charge in [-0.1, -0.05) is 6.07 Å². The number of rotatable bonds is 2. The molecule has 8 heteroatoms. The molecule has 0 unspecified atom stereocenters. The van der Waals surface area contributed by atoms with Crippen molar-refractivity contribution >= 4 is 5.91 Å². The maximum absolute atomic E-state index is 12.5. The van der Waals surface area contributed by atoms with E-state index in [4.69, 9.17) is 5.73 Å². The van der Waals surface area contributed by atoms with Crippen LogP contribution < -0.4 is 5.73 Å². The molecule has 2 nitrogen and oxygen atoms in total. The summed E-state index contributed by atoms with van der Waals surface area (Å²) in [4.78, 5) is 10.5. The minimum atomic E-state index is -5.15. The van der Waals surface area contributed by atoms with E-state index < -0.39 is 35.8 Å². The van der Waals surface area contributed by atoms with Gasteiger partial charge in [-0.15, -0.1) is 0 Å². The third-order valence-electron chi connectivity index (χ3n) is 2.07.